The van der Waals surface area contributed by atoms with Crippen molar-refractivity contribution < 1.29 is 13.2 Å². The van der Waals surface area contributed by atoms with Crippen LogP contribution < -0.4 is 5.32 Å². The van der Waals surface area contributed by atoms with Crippen LogP contribution in [0.5, 0.6) is 0 Å². The standard InChI is InChI=1S/C16H25N3O3S/c1-4-13-5-7-15(8-6-13)17-16(20)14-9-11-19(12-10-14)23(21,22)18(2)3/h5-8,14H,4,9-12H2,1-3H3,(H,17,20). The van der Waals surface area contributed by atoms with Gasteiger partial charge in [-0.2, -0.15) is 17.0 Å². The maximum Gasteiger partial charge on any atom is 0.281 e. The summed E-state index contributed by atoms with van der Waals surface area (Å²) in [6.07, 6.45) is 2.06. The van der Waals surface area contributed by atoms with Gasteiger partial charge in [0.15, 0.2) is 0 Å². The van der Waals surface area contributed by atoms with Crippen LogP contribution in [0.3, 0.4) is 0 Å². The average molecular weight is 339 g/mol. The lowest BCUT2D eigenvalue weighted by Crippen LogP contribution is -2.46. The molecule has 1 saturated heterocycles. The summed E-state index contributed by atoms with van der Waals surface area (Å²) in [4.78, 5) is 12.3. The molecule has 0 radical (unpaired) electrons. The van der Waals surface area contributed by atoms with E-state index < -0.39 is 10.2 Å². The van der Waals surface area contributed by atoms with Gasteiger partial charge in [0.25, 0.3) is 10.2 Å². The second-order valence-electron chi connectivity index (χ2n) is 6.00. The minimum absolute atomic E-state index is 0.0313. The molecule has 23 heavy (non-hydrogen) atoms. The third kappa shape index (κ3) is 4.31. The maximum absolute atomic E-state index is 12.3. The number of aryl methyl sites for hydroxylation is 1. The third-order valence-corrected chi connectivity index (χ3v) is 6.18. The van der Waals surface area contributed by atoms with Crippen LogP contribution in [0.4, 0.5) is 5.69 Å². The Morgan fingerprint density at radius 1 is 1.22 bits per heavy atom. The molecule has 6 nitrogen and oxygen atoms in total. The molecule has 1 aliphatic rings. The van der Waals surface area contributed by atoms with Gasteiger partial charge in [-0.15, -0.1) is 0 Å². The van der Waals surface area contributed by atoms with Gasteiger partial charge in [-0.05, 0) is 37.0 Å². The zero-order valence-electron chi connectivity index (χ0n) is 13.9. The van der Waals surface area contributed by atoms with Gasteiger partial charge >= 0.3 is 0 Å². The fourth-order valence-electron chi connectivity index (χ4n) is 2.65. The molecule has 1 aromatic rings. The van der Waals surface area contributed by atoms with Gasteiger partial charge in [-0.3, -0.25) is 4.79 Å². The number of anilines is 1. The monoisotopic (exact) mass is 339 g/mol. The van der Waals surface area contributed by atoms with Gasteiger partial charge in [0.1, 0.15) is 0 Å². The normalized spacial score (nSPS) is 17.4. The van der Waals surface area contributed by atoms with E-state index in [-0.39, 0.29) is 11.8 Å². The molecule has 1 aromatic carbocycles. The number of benzene rings is 1. The Morgan fingerprint density at radius 3 is 2.26 bits per heavy atom. The number of piperidine rings is 1. The van der Waals surface area contributed by atoms with Gasteiger partial charge in [0.05, 0.1) is 0 Å². The molecule has 0 spiro atoms. The number of amides is 1. The fraction of sp³-hybridized carbons (Fsp3) is 0.562. The van der Waals surface area contributed by atoms with Crippen molar-refractivity contribution in [3.05, 3.63) is 29.8 Å². The molecule has 0 aromatic heterocycles. The van der Waals surface area contributed by atoms with E-state index in [1.165, 1.54) is 28.3 Å². The minimum atomic E-state index is -3.38. The molecule has 128 valence electrons. The molecule has 0 aliphatic carbocycles. The van der Waals surface area contributed by atoms with Crippen molar-refractivity contribution in [2.24, 2.45) is 5.92 Å². The first-order valence-corrected chi connectivity index (χ1v) is 9.31. The van der Waals surface area contributed by atoms with Crippen LogP contribution in [0.1, 0.15) is 25.3 Å². The zero-order valence-corrected chi connectivity index (χ0v) is 14.8. The summed E-state index contributed by atoms with van der Waals surface area (Å²) in [6.45, 7) is 2.85. The molecule has 0 unspecified atom stereocenters. The van der Waals surface area contributed by atoms with Gasteiger partial charge in [-0.1, -0.05) is 19.1 Å². The Kier molecular flexibility index (Phi) is 5.78. The second-order valence-corrected chi connectivity index (χ2v) is 8.15. The molecule has 1 heterocycles. The Morgan fingerprint density at radius 2 is 1.78 bits per heavy atom. The lowest BCUT2D eigenvalue weighted by molar-refractivity contribution is -0.120. The van der Waals surface area contributed by atoms with Crippen LogP contribution in [-0.4, -0.2) is 50.1 Å². The smallest absolute Gasteiger partial charge is 0.281 e. The molecule has 2 rings (SSSR count). The highest BCUT2D eigenvalue weighted by molar-refractivity contribution is 7.86. The lowest BCUT2D eigenvalue weighted by atomic mass is 9.97. The van der Waals surface area contributed by atoms with Crippen molar-refractivity contribution in [2.75, 3.05) is 32.5 Å². The zero-order chi connectivity index (χ0) is 17.0. The summed E-state index contributed by atoms with van der Waals surface area (Å²) in [7, 11) is -0.337. The van der Waals surface area contributed by atoms with Crippen molar-refractivity contribution in [3.8, 4) is 0 Å². The van der Waals surface area contributed by atoms with Gasteiger partial charge in [-0.25, -0.2) is 0 Å². The van der Waals surface area contributed by atoms with E-state index in [1.807, 2.05) is 24.3 Å². The molecule has 1 fully saturated rings. The highest BCUT2D eigenvalue weighted by atomic mass is 32.2. The van der Waals surface area contributed by atoms with Crippen molar-refractivity contribution in [1.82, 2.24) is 8.61 Å². The van der Waals surface area contributed by atoms with E-state index in [4.69, 9.17) is 0 Å². The van der Waals surface area contributed by atoms with Crippen LogP contribution in [0.25, 0.3) is 0 Å². The van der Waals surface area contributed by atoms with E-state index in [0.717, 1.165) is 12.1 Å². The first kappa shape index (κ1) is 17.9. The van der Waals surface area contributed by atoms with E-state index in [9.17, 15) is 13.2 Å². The van der Waals surface area contributed by atoms with Crippen molar-refractivity contribution >= 4 is 21.8 Å². The summed E-state index contributed by atoms with van der Waals surface area (Å²) >= 11 is 0. The van der Waals surface area contributed by atoms with Crippen LogP contribution in [0.15, 0.2) is 24.3 Å². The largest absolute Gasteiger partial charge is 0.326 e. The summed E-state index contributed by atoms with van der Waals surface area (Å²) in [5, 5.41) is 2.92. The van der Waals surface area contributed by atoms with Gasteiger partial charge in [0.2, 0.25) is 5.91 Å². The SMILES string of the molecule is CCc1ccc(NC(=O)C2CCN(S(=O)(=O)N(C)C)CC2)cc1. The van der Waals surface area contributed by atoms with E-state index in [2.05, 4.69) is 12.2 Å². The van der Waals surface area contributed by atoms with Crippen molar-refractivity contribution in [3.63, 3.8) is 0 Å². The van der Waals surface area contributed by atoms with Crippen molar-refractivity contribution in [2.45, 2.75) is 26.2 Å². The average Bonchev–Trinajstić information content (AvgIpc) is 2.55. The molecule has 1 amide bonds. The van der Waals surface area contributed by atoms with E-state index in [0.29, 0.717) is 25.9 Å². The summed E-state index contributed by atoms with van der Waals surface area (Å²) in [5.41, 5.74) is 2.01. The molecule has 0 atom stereocenters. The molecular formula is C16H25N3O3S. The van der Waals surface area contributed by atoms with E-state index >= 15 is 0 Å². The predicted octanol–water partition coefficient (Wildman–Crippen LogP) is 1.71. The highest BCUT2D eigenvalue weighted by Crippen LogP contribution is 2.22. The predicted molar refractivity (Wildman–Crippen MR) is 91.4 cm³/mol. The Bertz CT molecular complexity index is 633. The lowest BCUT2D eigenvalue weighted by Gasteiger charge is -2.32. The number of carbonyl (C=O) groups is 1. The number of nitrogens with one attached hydrogen (secondary N) is 1. The quantitative estimate of drug-likeness (QED) is 0.888. The highest BCUT2D eigenvalue weighted by Gasteiger charge is 2.32. The number of carbonyl (C=O) groups excluding carboxylic acids is 1. The summed E-state index contributed by atoms with van der Waals surface area (Å²) in [6, 6.07) is 7.81. The summed E-state index contributed by atoms with van der Waals surface area (Å²) in [5.74, 6) is -0.175. The number of hydrogen-bond acceptors (Lipinski definition) is 3. The fourth-order valence-corrected chi connectivity index (χ4v) is 3.78. The minimum Gasteiger partial charge on any atom is -0.326 e. The first-order valence-electron chi connectivity index (χ1n) is 7.92. The Balaban J connectivity index is 1.90. The van der Waals surface area contributed by atoms with Gasteiger partial charge in [0, 0.05) is 38.8 Å². The van der Waals surface area contributed by atoms with E-state index in [1.54, 1.807) is 0 Å². The number of hydrogen-bond donors (Lipinski definition) is 1. The first-order chi connectivity index (χ1) is 10.8. The maximum atomic E-state index is 12.3. The topological polar surface area (TPSA) is 69.7 Å². The van der Waals surface area contributed by atoms with Crippen molar-refractivity contribution in [1.29, 1.82) is 0 Å². The van der Waals surface area contributed by atoms with Gasteiger partial charge < -0.3 is 5.32 Å². The number of rotatable bonds is 5. The van der Waals surface area contributed by atoms with Crippen LogP contribution in [0.2, 0.25) is 0 Å². The molecule has 0 bridgehead atoms. The molecular weight excluding hydrogens is 314 g/mol. The molecule has 1 aliphatic heterocycles. The van der Waals surface area contributed by atoms with Crippen LogP contribution in [0, 0.1) is 5.92 Å². The Labute approximate surface area is 138 Å². The third-order valence-electron chi connectivity index (χ3n) is 4.24. The molecule has 0 saturated carbocycles. The van der Waals surface area contributed by atoms with Crippen LogP contribution in [-0.2, 0) is 21.4 Å². The Hall–Kier alpha value is -1.44. The number of nitrogens with zero attached hydrogens (tertiary/aromatic N) is 2. The van der Waals surface area contributed by atoms with Crippen LogP contribution >= 0.6 is 0 Å². The molecule has 1 N–H and O–H groups in total. The molecule has 7 heteroatoms. The summed E-state index contributed by atoms with van der Waals surface area (Å²) < 4.78 is 26.8. The second kappa shape index (κ2) is 7.42.